The standard InChI is InChI=1S/C5H16O2Si2/c1-4-9(6)5-8(3)7-2/h6,8-9H,4-5H2,1-3H3. The van der Waals surface area contributed by atoms with Crippen LogP contribution in [0, 0.1) is 0 Å². The van der Waals surface area contributed by atoms with Crippen LogP contribution in [0.4, 0.5) is 0 Å². The predicted molar refractivity (Wildman–Crippen MR) is 44.7 cm³/mol. The maximum Gasteiger partial charge on any atom is 0.172 e. The molecule has 0 aliphatic rings. The number of hydrogen-bond acceptors (Lipinski definition) is 2. The van der Waals surface area contributed by atoms with Crippen LogP contribution in [0.5, 0.6) is 0 Å². The molecule has 1 N–H and O–H groups in total. The van der Waals surface area contributed by atoms with Crippen LogP contribution in [0.25, 0.3) is 0 Å². The quantitative estimate of drug-likeness (QED) is 0.604. The van der Waals surface area contributed by atoms with Crippen molar-refractivity contribution in [3.8, 4) is 0 Å². The second-order valence-electron chi connectivity index (χ2n) is 2.34. The third-order valence-corrected chi connectivity index (χ3v) is 8.06. The van der Waals surface area contributed by atoms with E-state index in [2.05, 4.69) is 6.55 Å². The molecule has 2 atom stereocenters. The summed E-state index contributed by atoms with van der Waals surface area (Å²) >= 11 is 0. The van der Waals surface area contributed by atoms with E-state index in [-0.39, 0.29) is 0 Å². The van der Waals surface area contributed by atoms with Crippen LogP contribution >= 0.6 is 0 Å². The predicted octanol–water partition coefficient (Wildman–Crippen LogP) is 0.262. The normalized spacial score (nSPS) is 17.3. The third kappa shape index (κ3) is 4.83. The minimum Gasteiger partial charge on any atom is -0.435 e. The first-order valence-electron chi connectivity index (χ1n) is 3.41. The molecule has 9 heavy (non-hydrogen) atoms. The van der Waals surface area contributed by atoms with Crippen LogP contribution in [0.15, 0.2) is 0 Å². The van der Waals surface area contributed by atoms with Crippen molar-refractivity contribution in [2.45, 2.75) is 25.2 Å². The molecular weight excluding hydrogens is 148 g/mol. The summed E-state index contributed by atoms with van der Waals surface area (Å²) in [6, 6.07) is 0.987. The van der Waals surface area contributed by atoms with Gasteiger partial charge in [-0.25, -0.2) is 0 Å². The molecule has 0 spiro atoms. The third-order valence-electron chi connectivity index (χ3n) is 1.48. The van der Waals surface area contributed by atoms with Crippen molar-refractivity contribution in [2.75, 3.05) is 7.11 Å². The molecule has 0 aromatic heterocycles. The van der Waals surface area contributed by atoms with Gasteiger partial charge < -0.3 is 9.22 Å². The molecule has 0 bridgehead atoms. The molecule has 0 saturated carbocycles. The van der Waals surface area contributed by atoms with E-state index < -0.39 is 18.1 Å². The molecule has 2 nitrogen and oxygen atoms in total. The lowest BCUT2D eigenvalue weighted by Gasteiger charge is -2.09. The Morgan fingerprint density at radius 3 is 2.44 bits per heavy atom. The Morgan fingerprint density at radius 1 is 1.56 bits per heavy atom. The summed E-state index contributed by atoms with van der Waals surface area (Å²) < 4.78 is 5.14. The first-order chi connectivity index (χ1) is 4.20. The van der Waals surface area contributed by atoms with E-state index in [0.29, 0.717) is 0 Å². The average Bonchev–Trinajstić information content (AvgIpc) is 1.87. The monoisotopic (exact) mass is 164 g/mol. The van der Waals surface area contributed by atoms with Gasteiger partial charge in [-0.2, -0.15) is 0 Å². The lowest BCUT2D eigenvalue weighted by molar-refractivity contribution is 0.426. The summed E-state index contributed by atoms with van der Waals surface area (Å²) in [5, 5.41) is 0. The molecular formula is C5H16O2Si2. The molecule has 0 aliphatic heterocycles. The zero-order valence-corrected chi connectivity index (χ0v) is 8.73. The molecule has 0 radical (unpaired) electrons. The number of rotatable bonds is 4. The molecule has 0 rings (SSSR count). The maximum atomic E-state index is 9.25. The van der Waals surface area contributed by atoms with Crippen molar-refractivity contribution in [2.24, 2.45) is 0 Å². The molecule has 0 fully saturated rings. The van der Waals surface area contributed by atoms with Gasteiger partial charge in [-0.15, -0.1) is 0 Å². The zero-order chi connectivity index (χ0) is 7.28. The van der Waals surface area contributed by atoms with Gasteiger partial charge >= 0.3 is 0 Å². The highest BCUT2D eigenvalue weighted by molar-refractivity contribution is 6.69. The van der Waals surface area contributed by atoms with Gasteiger partial charge in [-0.1, -0.05) is 6.92 Å². The lowest BCUT2D eigenvalue weighted by atomic mass is 11.0. The van der Waals surface area contributed by atoms with Crippen LogP contribution in [0.2, 0.25) is 18.3 Å². The SMILES string of the molecule is CC[SiH](O)C[SiH](C)OC. The summed E-state index contributed by atoms with van der Waals surface area (Å²) in [7, 11) is -0.521. The van der Waals surface area contributed by atoms with E-state index in [4.69, 9.17) is 4.43 Å². The molecule has 2 unspecified atom stereocenters. The highest BCUT2D eigenvalue weighted by Crippen LogP contribution is 1.99. The van der Waals surface area contributed by atoms with Crippen molar-refractivity contribution in [1.29, 1.82) is 0 Å². The minimum absolute atomic E-state index is 0.945. The summed E-state index contributed by atoms with van der Waals surface area (Å²) in [5.41, 5.74) is 1.02. The fourth-order valence-corrected chi connectivity index (χ4v) is 5.81. The largest absolute Gasteiger partial charge is 0.435 e. The zero-order valence-electron chi connectivity index (χ0n) is 6.42. The average molecular weight is 164 g/mol. The van der Waals surface area contributed by atoms with Crippen LogP contribution in [-0.4, -0.2) is 30.0 Å². The van der Waals surface area contributed by atoms with E-state index in [1.807, 2.05) is 6.92 Å². The van der Waals surface area contributed by atoms with E-state index in [0.717, 1.165) is 11.7 Å². The van der Waals surface area contributed by atoms with Gasteiger partial charge in [0, 0.05) is 7.11 Å². The van der Waals surface area contributed by atoms with Gasteiger partial charge in [0.15, 0.2) is 18.1 Å². The van der Waals surface area contributed by atoms with E-state index in [1.54, 1.807) is 7.11 Å². The Bertz CT molecular complexity index is 62.0. The van der Waals surface area contributed by atoms with Gasteiger partial charge in [0.25, 0.3) is 0 Å². The molecule has 0 aliphatic carbocycles. The molecule has 4 heteroatoms. The second kappa shape index (κ2) is 5.16. The van der Waals surface area contributed by atoms with Crippen molar-refractivity contribution < 1.29 is 9.22 Å². The van der Waals surface area contributed by atoms with Crippen molar-refractivity contribution in [1.82, 2.24) is 0 Å². The van der Waals surface area contributed by atoms with Gasteiger partial charge in [0.05, 0.1) is 0 Å². The Balaban J connectivity index is 3.22. The van der Waals surface area contributed by atoms with Crippen molar-refractivity contribution >= 4 is 18.1 Å². The minimum atomic E-state index is -1.32. The fraction of sp³-hybridized carbons (Fsp3) is 1.00. The highest BCUT2D eigenvalue weighted by atomic mass is 28.4. The van der Waals surface area contributed by atoms with Crippen LogP contribution < -0.4 is 0 Å². The molecule has 0 aromatic carbocycles. The summed E-state index contributed by atoms with van der Waals surface area (Å²) in [4.78, 5) is 9.25. The lowest BCUT2D eigenvalue weighted by Crippen LogP contribution is -2.22. The van der Waals surface area contributed by atoms with Gasteiger partial charge in [0.1, 0.15) is 0 Å². The van der Waals surface area contributed by atoms with E-state index >= 15 is 0 Å². The second-order valence-corrected chi connectivity index (χ2v) is 8.45. The Hall–Kier alpha value is 0.354. The molecule has 0 saturated heterocycles. The van der Waals surface area contributed by atoms with E-state index in [9.17, 15) is 4.80 Å². The fourth-order valence-electron chi connectivity index (χ4n) is 0.646. The van der Waals surface area contributed by atoms with E-state index in [1.165, 1.54) is 0 Å². The molecule has 0 aromatic rings. The van der Waals surface area contributed by atoms with Crippen LogP contribution in [0.1, 0.15) is 6.92 Å². The number of hydrogen-bond donors (Lipinski definition) is 1. The van der Waals surface area contributed by atoms with Gasteiger partial charge in [-0.05, 0) is 18.3 Å². The van der Waals surface area contributed by atoms with Gasteiger partial charge in [-0.3, -0.25) is 0 Å². The Kier molecular flexibility index (Phi) is 5.37. The molecule has 56 valence electrons. The Morgan fingerprint density at radius 2 is 2.11 bits per heavy atom. The van der Waals surface area contributed by atoms with Crippen LogP contribution in [-0.2, 0) is 4.43 Å². The Labute approximate surface area is 60.3 Å². The molecule has 0 heterocycles. The summed E-state index contributed by atoms with van der Waals surface area (Å²) in [6.07, 6.45) is 0. The van der Waals surface area contributed by atoms with Crippen molar-refractivity contribution in [3.05, 3.63) is 0 Å². The first-order valence-corrected chi connectivity index (χ1v) is 8.00. The van der Waals surface area contributed by atoms with Gasteiger partial charge in [0.2, 0.25) is 0 Å². The first kappa shape index (κ1) is 9.35. The van der Waals surface area contributed by atoms with Crippen molar-refractivity contribution in [3.63, 3.8) is 0 Å². The molecule has 0 amide bonds. The topological polar surface area (TPSA) is 29.5 Å². The summed E-state index contributed by atoms with van der Waals surface area (Å²) in [6.45, 7) is 4.18. The van der Waals surface area contributed by atoms with Crippen LogP contribution in [0.3, 0.4) is 0 Å². The smallest absolute Gasteiger partial charge is 0.172 e. The maximum absolute atomic E-state index is 9.25. The summed E-state index contributed by atoms with van der Waals surface area (Å²) in [5.74, 6) is 0. The highest BCUT2D eigenvalue weighted by Gasteiger charge is 2.10.